The lowest BCUT2D eigenvalue weighted by Crippen LogP contribution is -2.60. The summed E-state index contributed by atoms with van der Waals surface area (Å²) in [7, 11) is 0. The van der Waals surface area contributed by atoms with Crippen molar-refractivity contribution in [1.82, 2.24) is 5.43 Å². The van der Waals surface area contributed by atoms with Crippen molar-refractivity contribution in [2.24, 2.45) is 5.84 Å². The van der Waals surface area contributed by atoms with Crippen molar-refractivity contribution >= 4 is 0 Å². The number of nitrogens with one attached hydrogen (secondary N) is 1. The molecule has 0 atom stereocenters. The molecule has 1 fully saturated rings. The molecule has 0 amide bonds. The van der Waals surface area contributed by atoms with E-state index in [9.17, 15) is 0 Å². The Kier molecular flexibility index (Phi) is 2.07. The molecule has 3 heteroatoms. The smallest absolute Gasteiger partial charge is 0.103 e. The fourth-order valence-electron chi connectivity index (χ4n) is 1.58. The Labute approximate surface area is 77.9 Å². The van der Waals surface area contributed by atoms with E-state index in [0.717, 1.165) is 0 Å². The average Bonchev–Trinajstić information content (AvgIpc) is 2.03. The molecule has 1 saturated heterocycles. The van der Waals surface area contributed by atoms with Gasteiger partial charge in [0, 0.05) is 0 Å². The van der Waals surface area contributed by atoms with Crippen LogP contribution in [0.4, 0.5) is 0 Å². The summed E-state index contributed by atoms with van der Waals surface area (Å²) in [6.07, 6.45) is 0. The summed E-state index contributed by atoms with van der Waals surface area (Å²) in [5, 5.41) is 0. The van der Waals surface area contributed by atoms with E-state index < -0.39 is 0 Å². The van der Waals surface area contributed by atoms with Crippen LogP contribution in [0.2, 0.25) is 0 Å². The summed E-state index contributed by atoms with van der Waals surface area (Å²) in [6.45, 7) is 3.40. The zero-order valence-corrected chi connectivity index (χ0v) is 7.71. The fraction of sp³-hybridized carbons (Fsp3) is 0.400. The van der Waals surface area contributed by atoms with Gasteiger partial charge in [0.2, 0.25) is 0 Å². The van der Waals surface area contributed by atoms with Gasteiger partial charge in [0.15, 0.2) is 0 Å². The van der Waals surface area contributed by atoms with Gasteiger partial charge in [0.25, 0.3) is 0 Å². The van der Waals surface area contributed by atoms with Crippen molar-refractivity contribution in [2.75, 3.05) is 13.2 Å². The van der Waals surface area contributed by atoms with E-state index in [0.29, 0.717) is 13.2 Å². The maximum Gasteiger partial charge on any atom is 0.103 e. The highest BCUT2D eigenvalue weighted by Gasteiger charge is 2.39. The SMILES string of the molecule is Cc1cccc(C2(NN)COC2)c1. The third kappa shape index (κ3) is 1.35. The van der Waals surface area contributed by atoms with Gasteiger partial charge in [0.1, 0.15) is 5.54 Å². The van der Waals surface area contributed by atoms with Gasteiger partial charge in [-0.25, -0.2) is 5.43 Å². The second-order valence-corrected chi connectivity index (χ2v) is 3.59. The van der Waals surface area contributed by atoms with Crippen LogP contribution in [-0.2, 0) is 10.3 Å². The monoisotopic (exact) mass is 178 g/mol. The lowest BCUT2D eigenvalue weighted by molar-refractivity contribution is -0.0787. The maximum atomic E-state index is 5.52. The number of hydrogen-bond donors (Lipinski definition) is 2. The zero-order valence-electron chi connectivity index (χ0n) is 7.71. The number of rotatable bonds is 2. The minimum Gasteiger partial charge on any atom is -0.377 e. The van der Waals surface area contributed by atoms with Crippen molar-refractivity contribution in [3.05, 3.63) is 35.4 Å². The largest absolute Gasteiger partial charge is 0.377 e. The average molecular weight is 178 g/mol. The third-order valence-electron chi connectivity index (χ3n) is 2.54. The first-order chi connectivity index (χ1) is 6.27. The Morgan fingerprint density at radius 3 is 2.69 bits per heavy atom. The van der Waals surface area contributed by atoms with E-state index in [1.165, 1.54) is 11.1 Å². The number of benzene rings is 1. The first-order valence-electron chi connectivity index (χ1n) is 4.39. The zero-order chi connectivity index (χ0) is 9.31. The molecule has 0 unspecified atom stereocenters. The lowest BCUT2D eigenvalue weighted by atomic mass is 9.88. The van der Waals surface area contributed by atoms with Gasteiger partial charge in [-0.2, -0.15) is 0 Å². The normalized spacial score (nSPS) is 19.5. The topological polar surface area (TPSA) is 47.3 Å². The standard InChI is InChI=1S/C10H14N2O/c1-8-3-2-4-9(5-8)10(12-11)6-13-7-10/h2-5,12H,6-7,11H2,1H3. The van der Waals surface area contributed by atoms with E-state index in [-0.39, 0.29) is 5.54 Å². The second kappa shape index (κ2) is 3.10. The Balaban J connectivity index is 2.33. The third-order valence-corrected chi connectivity index (χ3v) is 2.54. The first kappa shape index (κ1) is 8.69. The van der Waals surface area contributed by atoms with Gasteiger partial charge in [-0.3, -0.25) is 5.84 Å². The molecule has 2 rings (SSSR count). The van der Waals surface area contributed by atoms with Crippen LogP contribution < -0.4 is 11.3 Å². The van der Waals surface area contributed by atoms with Crippen molar-refractivity contribution in [1.29, 1.82) is 0 Å². The number of aryl methyl sites for hydroxylation is 1. The van der Waals surface area contributed by atoms with Crippen LogP contribution in [-0.4, -0.2) is 13.2 Å². The van der Waals surface area contributed by atoms with Gasteiger partial charge < -0.3 is 4.74 Å². The molecule has 1 aliphatic rings. The van der Waals surface area contributed by atoms with Gasteiger partial charge in [0.05, 0.1) is 13.2 Å². The Hall–Kier alpha value is -0.900. The molecule has 3 nitrogen and oxygen atoms in total. The molecule has 3 N–H and O–H groups in total. The van der Waals surface area contributed by atoms with Crippen LogP contribution in [0.5, 0.6) is 0 Å². The molecule has 0 bridgehead atoms. The number of nitrogens with two attached hydrogens (primary N) is 1. The highest BCUT2D eigenvalue weighted by atomic mass is 16.5. The molecule has 0 aromatic heterocycles. The number of hydrazine groups is 1. The van der Waals surface area contributed by atoms with Gasteiger partial charge in [-0.05, 0) is 12.5 Å². The van der Waals surface area contributed by atoms with Crippen LogP contribution >= 0.6 is 0 Å². The van der Waals surface area contributed by atoms with Gasteiger partial charge in [-0.15, -0.1) is 0 Å². The minimum absolute atomic E-state index is 0.147. The molecule has 1 aliphatic heterocycles. The molecule has 1 heterocycles. The Bertz CT molecular complexity index is 302. The van der Waals surface area contributed by atoms with E-state index in [4.69, 9.17) is 10.6 Å². The van der Waals surface area contributed by atoms with Crippen LogP contribution in [0, 0.1) is 6.92 Å². The van der Waals surface area contributed by atoms with E-state index >= 15 is 0 Å². The molecule has 0 aliphatic carbocycles. The van der Waals surface area contributed by atoms with Crippen LogP contribution in [0.15, 0.2) is 24.3 Å². The van der Waals surface area contributed by atoms with Gasteiger partial charge in [-0.1, -0.05) is 29.8 Å². The summed E-state index contributed by atoms with van der Waals surface area (Å²) >= 11 is 0. The van der Waals surface area contributed by atoms with E-state index in [1.807, 2.05) is 6.07 Å². The van der Waals surface area contributed by atoms with Crippen LogP contribution in [0.25, 0.3) is 0 Å². The lowest BCUT2D eigenvalue weighted by Gasteiger charge is -2.41. The van der Waals surface area contributed by atoms with E-state index in [2.05, 4.69) is 30.5 Å². The van der Waals surface area contributed by atoms with Gasteiger partial charge >= 0.3 is 0 Å². The quantitative estimate of drug-likeness (QED) is 0.517. The summed E-state index contributed by atoms with van der Waals surface area (Å²) in [4.78, 5) is 0. The highest BCUT2D eigenvalue weighted by Crippen LogP contribution is 2.28. The first-order valence-corrected chi connectivity index (χ1v) is 4.39. The second-order valence-electron chi connectivity index (χ2n) is 3.59. The summed E-state index contributed by atoms with van der Waals surface area (Å²) in [5.74, 6) is 5.52. The predicted octanol–water partition coefficient (Wildman–Crippen LogP) is 0.684. The molecule has 0 spiro atoms. The summed E-state index contributed by atoms with van der Waals surface area (Å²) in [5.41, 5.74) is 5.15. The maximum absolute atomic E-state index is 5.52. The summed E-state index contributed by atoms with van der Waals surface area (Å²) in [6, 6.07) is 8.34. The molecule has 1 aromatic rings. The van der Waals surface area contributed by atoms with Crippen molar-refractivity contribution < 1.29 is 4.74 Å². The van der Waals surface area contributed by atoms with Crippen molar-refractivity contribution in [3.63, 3.8) is 0 Å². The Morgan fingerprint density at radius 1 is 1.46 bits per heavy atom. The van der Waals surface area contributed by atoms with Crippen molar-refractivity contribution in [2.45, 2.75) is 12.5 Å². The van der Waals surface area contributed by atoms with Crippen molar-refractivity contribution in [3.8, 4) is 0 Å². The molecule has 0 radical (unpaired) electrons. The van der Waals surface area contributed by atoms with E-state index in [1.54, 1.807) is 0 Å². The molecule has 0 saturated carbocycles. The Morgan fingerprint density at radius 2 is 2.23 bits per heavy atom. The predicted molar refractivity (Wildman–Crippen MR) is 51.0 cm³/mol. The summed E-state index contributed by atoms with van der Waals surface area (Å²) < 4.78 is 5.18. The highest BCUT2D eigenvalue weighted by molar-refractivity contribution is 5.30. The van der Waals surface area contributed by atoms with Crippen LogP contribution in [0.3, 0.4) is 0 Å². The molecule has 1 aromatic carbocycles. The fourth-order valence-corrected chi connectivity index (χ4v) is 1.58. The van der Waals surface area contributed by atoms with Crippen LogP contribution in [0.1, 0.15) is 11.1 Å². The molecule has 70 valence electrons. The molecular weight excluding hydrogens is 164 g/mol. The number of ether oxygens (including phenoxy) is 1. The number of hydrogen-bond acceptors (Lipinski definition) is 3. The molecule has 13 heavy (non-hydrogen) atoms. The minimum atomic E-state index is -0.147. The molecular formula is C10H14N2O.